The predicted octanol–water partition coefficient (Wildman–Crippen LogP) is 4.70. The molecule has 0 N–H and O–H groups in total. The van der Waals surface area contributed by atoms with Gasteiger partial charge in [0.05, 0.1) is 0 Å². The van der Waals surface area contributed by atoms with Crippen LogP contribution in [0, 0.1) is 0 Å². The minimum absolute atomic E-state index is 0.135. The SMILES string of the molecule is O=C(Cc1cccs1)c1cc(Br)ccc1Br. The summed E-state index contributed by atoms with van der Waals surface area (Å²) in [6, 6.07) is 9.58. The van der Waals surface area contributed by atoms with Crippen LogP contribution in [-0.2, 0) is 6.42 Å². The van der Waals surface area contributed by atoms with Gasteiger partial charge in [-0.2, -0.15) is 0 Å². The number of halogens is 2. The zero-order chi connectivity index (χ0) is 11.5. The van der Waals surface area contributed by atoms with Gasteiger partial charge < -0.3 is 0 Å². The first-order chi connectivity index (χ1) is 7.66. The lowest BCUT2D eigenvalue weighted by atomic mass is 10.1. The number of carbonyl (C=O) groups is 1. The Morgan fingerprint density at radius 2 is 2.06 bits per heavy atom. The Hall–Kier alpha value is -0.450. The van der Waals surface area contributed by atoms with Crippen molar-refractivity contribution in [3.63, 3.8) is 0 Å². The summed E-state index contributed by atoms with van der Waals surface area (Å²) in [7, 11) is 0. The number of ketones is 1. The fourth-order valence-corrected chi connectivity index (χ4v) is 2.91. The molecule has 1 aromatic carbocycles. The molecular formula is C12H8Br2OS. The van der Waals surface area contributed by atoms with E-state index in [2.05, 4.69) is 31.9 Å². The van der Waals surface area contributed by atoms with Crippen LogP contribution in [0.1, 0.15) is 15.2 Å². The van der Waals surface area contributed by atoms with Crippen LogP contribution in [0.4, 0.5) is 0 Å². The van der Waals surface area contributed by atoms with Gasteiger partial charge >= 0.3 is 0 Å². The van der Waals surface area contributed by atoms with Gasteiger partial charge in [-0.25, -0.2) is 0 Å². The van der Waals surface area contributed by atoms with Crippen molar-refractivity contribution in [2.45, 2.75) is 6.42 Å². The summed E-state index contributed by atoms with van der Waals surface area (Å²) in [6.45, 7) is 0. The van der Waals surface area contributed by atoms with Gasteiger partial charge in [-0.15, -0.1) is 11.3 Å². The van der Waals surface area contributed by atoms with Gasteiger partial charge in [-0.1, -0.05) is 37.9 Å². The zero-order valence-electron chi connectivity index (χ0n) is 8.24. The van der Waals surface area contributed by atoms with E-state index in [1.54, 1.807) is 11.3 Å². The minimum Gasteiger partial charge on any atom is -0.294 e. The highest BCUT2D eigenvalue weighted by Gasteiger charge is 2.11. The quantitative estimate of drug-likeness (QED) is 0.726. The molecule has 2 aromatic rings. The summed E-state index contributed by atoms with van der Waals surface area (Å²) in [5.41, 5.74) is 0.725. The molecule has 82 valence electrons. The number of thiophene rings is 1. The molecule has 16 heavy (non-hydrogen) atoms. The lowest BCUT2D eigenvalue weighted by Crippen LogP contribution is -2.03. The molecule has 0 saturated carbocycles. The Bertz CT molecular complexity index is 506. The highest BCUT2D eigenvalue weighted by molar-refractivity contribution is 9.11. The average Bonchev–Trinajstić information content (AvgIpc) is 2.74. The molecule has 1 heterocycles. The van der Waals surface area contributed by atoms with E-state index in [-0.39, 0.29) is 5.78 Å². The summed E-state index contributed by atoms with van der Waals surface area (Å²) in [5, 5.41) is 1.98. The van der Waals surface area contributed by atoms with Crippen molar-refractivity contribution >= 4 is 49.0 Å². The molecule has 0 aliphatic heterocycles. The molecular weight excluding hydrogens is 352 g/mol. The number of benzene rings is 1. The van der Waals surface area contributed by atoms with E-state index in [1.165, 1.54) is 0 Å². The second-order valence-corrected chi connectivity index (χ2v) is 6.11. The smallest absolute Gasteiger partial charge is 0.169 e. The van der Waals surface area contributed by atoms with Gasteiger partial charge in [0, 0.05) is 25.8 Å². The van der Waals surface area contributed by atoms with Crippen molar-refractivity contribution in [1.82, 2.24) is 0 Å². The maximum Gasteiger partial charge on any atom is 0.169 e. The van der Waals surface area contributed by atoms with Crippen LogP contribution in [0.2, 0.25) is 0 Å². The lowest BCUT2D eigenvalue weighted by Gasteiger charge is -2.03. The number of hydrogen-bond acceptors (Lipinski definition) is 2. The molecule has 0 atom stereocenters. The molecule has 0 fully saturated rings. The third-order valence-corrected chi connectivity index (χ3v) is 4.20. The van der Waals surface area contributed by atoms with Crippen molar-refractivity contribution in [1.29, 1.82) is 0 Å². The molecule has 4 heteroatoms. The van der Waals surface area contributed by atoms with Crippen LogP contribution >= 0.6 is 43.2 Å². The van der Waals surface area contributed by atoms with E-state index in [9.17, 15) is 4.79 Å². The Morgan fingerprint density at radius 1 is 1.25 bits per heavy atom. The van der Waals surface area contributed by atoms with E-state index in [0.717, 1.165) is 19.4 Å². The second kappa shape index (κ2) is 5.25. The monoisotopic (exact) mass is 358 g/mol. The van der Waals surface area contributed by atoms with Crippen molar-refractivity contribution in [3.8, 4) is 0 Å². The zero-order valence-corrected chi connectivity index (χ0v) is 12.2. The van der Waals surface area contributed by atoms with Crippen molar-refractivity contribution in [3.05, 3.63) is 55.1 Å². The Labute approximate surface area is 115 Å². The highest BCUT2D eigenvalue weighted by Crippen LogP contribution is 2.23. The van der Waals surface area contributed by atoms with Crippen LogP contribution in [0.15, 0.2) is 44.7 Å². The van der Waals surface area contributed by atoms with Crippen LogP contribution in [0.5, 0.6) is 0 Å². The first-order valence-corrected chi connectivity index (χ1v) is 7.14. The van der Waals surface area contributed by atoms with E-state index in [4.69, 9.17) is 0 Å². The highest BCUT2D eigenvalue weighted by atomic mass is 79.9. The first kappa shape index (κ1) is 12.0. The standard InChI is InChI=1S/C12H8Br2OS/c13-8-3-4-11(14)10(6-8)12(15)7-9-2-1-5-16-9/h1-6H,7H2. The van der Waals surface area contributed by atoms with Crippen LogP contribution in [-0.4, -0.2) is 5.78 Å². The minimum atomic E-state index is 0.135. The molecule has 0 radical (unpaired) electrons. The van der Waals surface area contributed by atoms with Crippen LogP contribution in [0.25, 0.3) is 0 Å². The van der Waals surface area contributed by atoms with Gasteiger partial charge in [0.2, 0.25) is 0 Å². The largest absolute Gasteiger partial charge is 0.294 e. The molecule has 0 spiro atoms. The third kappa shape index (κ3) is 2.81. The van der Waals surface area contributed by atoms with E-state index >= 15 is 0 Å². The van der Waals surface area contributed by atoms with Crippen molar-refractivity contribution in [2.75, 3.05) is 0 Å². The Balaban J connectivity index is 2.24. The molecule has 0 unspecified atom stereocenters. The topological polar surface area (TPSA) is 17.1 Å². The maximum absolute atomic E-state index is 12.0. The van der Waals surface area contributed by atoms with Crippen molar-refractivity contribution < 1.29 is 4.79 Å². The number of rotatable bonds is 3. The fourth-order valence-electron chi connectivity index (χ4n) is 1.38. The molecule has 0 bridgehead atoms. The van der Waals surface area contributed by atoms with E-state index < -0.39 is 0 Å². The summed E-state index contributed by atoms with van der Waals surface area (Å²) in [4.78, 5) is 13.1. The summed E-state index contributed by atoms with van der Waals surface area (Å²) < 4.78 is 1.77. The fraction of sp³-hybridized carbons (Fsp3) is 0.0833. The van der Waals surface area contributed by atoms with Gasteiger partial charge in [0.1, 0.15) is 0 Å². The van der Waals surface area contributed by atoms with Gasteiger partial charge in [-0.05, 0) is 29.6 Å². The molecule has 2 rings (SSSR count). The predicted molar refractivity (Wildman–Crippen MR) is 74.2 cm³/mol. The first-order valence-electron chi connectivity index (χ1n) is 4.67. The molecule has 1 aromatic heterocycles. The molecule has 1 nitrogen and oxygen atoms in total. The van der Waals surface area contributed by atoms with E-state index in [1.807, 2.05) is 35.7 Å². The number of carbonyl (C=O) groups excluding carboxylic acids is 1. The van der Waals surface area contributed by atoms with Crippen LogP contribution in [0.3, 0.4) is 0 Å². The maximum atomic E-state index is 12.0. The van der Waals surface area contributed by atoms with Gasteiger partial charge in [0.15, 0.2) is 5.78 Å². The van der Waals surface area contributed by atoms with Gasteiger partial charge in [-0.3, -0.25) is 4.79 Å². The summed E-state index contributed by atoms with van der Waals surface area (Å²) in [5.74, 6) is 0.135. The Morgan fingerprint density at radius 3 is 2.75 bits per heavy atom. The second-order valence-electron chi connectivity index (χ2n) is 3.30. The third-order valence-electron chi connectivity index (χ3n) is 2.14. The average molecular weight is 360 g/mol. The molecule has 0 aliphatic rings. The summed E-state index contributed by atoms with van der Waals surface area (Å²) in [6.07, 6.45) is 0.465. The molecule has 0 saturated heterocycles. The number of Topliss-reactive ketones (excluding diaryl/α,β-unsaturated/α-hetero) is 1. The summed E-state index contributed by atoms with van der Waals surface area (Å²) >= 11 is 8.38. The molecule has 0 aliphatic carbocycles. The van der Waals surface area contributed by atoms with Crippen molar-refractivity contribution in [2.24, 2.45) is 0 Å². The normalized spacial score (nSPS) is 10.4. The van der Waals surface area contributed by atoms with Gasteiger partial charge in [0.25, 0.3) is 0 Å². The Kier molecular flexibility index (Phi) is 3.95. The lowest BCUT2D eigenvalue weighted by molar-refractivity contribution is 0.0993. The van der Waals surface area contributed by atoms with Crippen LogP contribution < -0.4 is 0 Å². The number of hydrogen-bond donors (Lipinski definition) is 0. The van der Waals surface area contributed by atoms with E-state index in [0.29, 0.717) is 6.42 Å². The molecule has 0 amide bonds.